The van der Waals surface area contributed by atoms with Crippen LogP contribution >= 0.6 is 0 Å². The molecule has 7 nitrogen and oxygen atoms in total. The van der Waals surface area contributed by atoms with E-state index in [0.29, 0.717) is 12.2 Å². The number of hydrazine groups is 1. The maximum absolute atomic E-state index is 12.3. The maximum Gasteiger partial charge on any atom is 0.268 e. The first-order valence-electron chi connectivity index (χ1n) is 7.93. The molecule has 1 heterocycles. The predicted octanol–water partition coefficient (Wildman–Crippen LogP) is 0.279. The SMILES string of the molecule is CNC(=O)C1=CC(C(N)=O)(C2CC2)N(Cc2cccc(OC)c2)N1. The molecule has 2 aliphatic rings. The largest absolute Gasteiger partial charge is 0.497 e. The fourth-order valence-electron chi connectivity index (χ4n) is 3.21. The second kappa shape index (κ2) is 6.16. The highest BCUT2D eigenvalue weighted by Gasteiger charge is 2.56. The van der Waals surface area contributed by atoms with Crippen molar-refractivity contribution in [3.63, 3.8) is 0 Å². The van der Waals surface area contributed by atoms with Gasteiger partial charge < -0.3 is 21.2 Å². The lowest BCUT2D eigenvalue weighted by Gasteiger charge is -2.35. The molecule has 24 heavy (non-hydrogen) atoms. The van der Waals surface area contributed by atoms with E-state index >= 15 is 0 Å². The van der Waals surface area contributed by atoms with Gasteiger partial charge in [0.25, 0.3) is 5.91 Å². The summed E-state index contributed by atoms with van der Waals surface area (Å²) in [5, 5.41) is 4.35. The highest BCUT2D eigenvalue weighted by atomic mass is 16.5. The summed E-state index contributed by atoms with van der Waals surface area (Å²) in [5.74, 6) is 0.145. The van der Waals surface area contributed by atoms with Gasteiger partial charge >= 0.3 is 0 Å². The summed E-state index contributed by atoms with van der Waals surface area (Å²) in [6, 6.07) is 7.59. The Balaban J connectivity index is 1.93. The van der Waals surface area contributed by atoms with Gasteiger partial charge in [-0.25, -0.2) is 0 Å². The second-order valence-electron chi connectivity index (χ2n) is 6.15. The van der Waals surface area contributed by atoms with Crippen molar-refractivity contribution < 1.29 is 14.3 Å². The Bertz CT molecular complexity index is 699. The van der Waals surface area contributed by atoms with Gasteiger partial charge in [-0.15, -0.1) is 0 Å². The summed E-state index contributed by atoms with van der Waals surface area (Å²) in [6.45, 7) is 0.424. The average molecular weight is 330 g/mol. The van der Waals surface area contributed by atoms with Crippen LogP contribution in [0.1, 0.15) is 18.4 Å². The quantitative estimate of drug-likeness (QED) is 0.696. The number of primary amides is 1. The van der Waals surface area contributed by atoms with Gasteiger partial charge in [-0.1, -0.05) is 12.1 Å². The van der Waals surface area contributed by atoms with E-state index in [2.05, 4.69) is 10.7 Å². The first-order chi connectivity index (χ1) is 11.5. The third kappa shape index (κ3) is 2.71. The molecule has 1 aliphatic heterocycles. The molecular weight excluding hydrogens is 308 g/mol. The first-order valence-corrected chi connectivity index (χ1v) is 7.93. The van der Waals surface area contributed by atoms with E-state index in [9.17, 15) is 9.59 Å². The van der Waals surface area contributed by atoms with Crippen molar-refractivity contribution >= 4 is 11.8 Å². The van der Waals surface area contributed by atoms with Crippen molar-refractivity contribution in [3.8, 4) is 5.75 Å². The van der Waals surface area contributed by atoms with E-state index in [0.717, 1.165) is 24.2 Å². The van der Waals surface area contributed by atoms with Gasteiger partial charge in [0.15, 0.2) is 0 Å². The van der Waals surface area contributed by atoms with Crippen LogP contribution in [0.3, 0.4) is 0 Å². The number of rotatable bonds is 6. The van der Waals surface area contributed by atoms with E-state index in [1.165, 1.54) is 0 Å². The van der Waals surface area contributed by atoms with Crippen molar-refractivity contribution in [1.29, 1.82) is 0 Å². The van der Waals surface area contributed by atoms with Crippen LogP contribution in [0.2, 0.25) is 0 Å². The molecule has 1 aromatic rings. The molecule has 0 saturated heterocycles. The van der Waals surface area contributed by atoms with Crippen LogP contribution in [-0.4, -0.2) is 36.5 Å². The van der Waals surface area contributed by atoms with Crippen molar-refractivity contribution in [3.05, 3.63) is 41.6 Å². The number of methoxy groups -OCH3 is 1. The summed E-state index contributed by atoms with van der Waals surface area (Å²) >= 11 is 0. The van der Waals surface area contributed by atoms with E-state index in [4.69, 9.17) is 10.5 Å². The molecule has 3 rings (SSSR count). The van der Waals surface area contributed by atoms with Gasteiger partial charge in [-0.2, -0.15) is 5.01 Å². The molecule has 2 amide bonds. The normalized spacial score (nSPS) is 23.3. The average Bonchev–Trinajstić information content (AvgIpc) is 3.36. The van der Waals surface area contributed by atoms with Gasteiger partial charge in [-0.05, 0) is 42.5 Å². The number of likely N-dealkylation sites (N-methyl/N-ethyl adjacent to an activating group) is 1. The number of carbonyl (C=O) groups is 2. The Morgan fingerprint density at radius 2 is 2.21 bits per heavy atom. The highest BCUT2D eigenvalue weighted by molar-refractivity contribution is 5.97. The third-order valence-corrected chi connectivity index (χ3v) is 4.61. The lowest BCUT2D eigenvalue weighted by molar-refractivity contribution is -0.130. The molecule has 1 aromatic carbocycles. The monoisotopic (exact) mass is 330 g/mol. The van der Waals surface area contributed by atoms with Gasteiger partial charge in [0.1, 0.15) is 17.0 Å². The van der Waals surface area contributed by atoms with Crippen molar-refractivity contribution in [2.75, 3.05) is 14.2 Å². The Morgan fingerprint density at radius 1 is 1.46 bits per heavy atom. The number of hydrogen-bond acceptors (Lipinski definition) is 5. The van der Waals surface area contributed by atoms with Crippen LogP contribution in [0.15, 0.2) is 36.0 Å². The van der Waals surface area contributed by atoms with Crippen LogP contribution in [0.25, 0.3) is 0 Å². The number of amides is 2. The second-order valence-corrected chi connectivity index (χ2v) is 6.15. The molecule has 128 valence electrons. The summed E-state index contributed by atoms with van der Waals surface area (Å²) in [7, 11) is 3.16. The molecule has 0 radical (unpaired) electrons. The number of nitrogens with one attached hydrogen (secondary N) is 2. The van der Waals surface area contributed by atoms with Crippen LogP contribution in [-0.2, 0) is 16.1 Å². The lowest BCUT2D eigenvalue weighted by atomic mass is 9.91. The third-order valence-electron chi connectivity index (χ3n) is 4.61. The zero-order chi connectivity index (χ0) is 17.3. The van der Waals surface area contributed by atoms with Gasteiger partial charge in [0.05, 0.1) is 7.11 Å². The van der Waals surface area contributed by atoms with E-state index in [1.54, 1.807) is 25.2 Å². The molecule has 4 N–H and O–H groups in total. The van der Waals surface area contributed by atoms with Crippen molar-refractivity contribution in [2.24, 2.45) is 11.7 Å². The van der Waals surface area contributed by atoms with Crippen molar-refractivity contribution in [2.45, 2.75) is 24.9 Å². The van der Waals surface area contributed by atoms with Crippen LogP contribution in [0.4, 0.5) is 0 Å². The van der Waals surface area contributed by atoms with Crippen molar-refractivity contribution in [1.82, 2.24) is 15.8 Å². The molecule has 1 unspecified atom stereocenters. The molecule has 0 aromatic heterocycles. The van der Waals surface area contributed by atoms with Gasteiger partial charge in [0.2, 0.25) is 5.91 Å². The fraction of sp³-hybridized carbons (Fsp3) is 0.412. The topological polar surface area (TPSA) is 96.7 Å². The van der Waals surface area contributed by atoms with E-state index < -0.39 is 11.4 Å². The molecule has 1 aliphatic carbocycles. The molecule has 1 atom stereocenters. The minimum absolute atomic E-state index is 0.121. The fourth-order valence-corrected chi connectivity index (χ4v) is 3.21. The van der Waals surface area contributed by atoms with E-state index in [1.807, 2.05) is 24.3 Å². The zero-order valence-electron chi connectivity index (χ0n) is 13.8. The molecule has 0 spiro atoms. The van der Waals surface area contributed by atoms with Crippen LogP contribution in [0.5, 0.6) is 5.75 Å². The summed E-state index contributed by atoms with van der Waals surface area (Å²) in [6.07, 6.45) is 3.50. The summed E-state index contributed by atoms with van der Waals surface area (Å²) in [5.41, 5.74) is 9.15. The Morgan fingerprint density at radius 3 is 2.79 bits per heavy atom. The molecule has 1 fully saturated rings. The Labute approximate surface area is 140 Å². The number of nitrogens with zero attached hydrogens (tertiary/aromatic N) is 1. The Hall–Kier alpha value is -2.54. The molecule has 7 heteroatoms. The number of nitrogens with two attached hydrogens (primary N) is 1. The molecule has 1 saturated carbocycles. The minimum Gasteiger partial charge on any atom is -0.497 e. The first kappa shape index (κ1) is 16.3. The van der Waals surface area contributed by atoms with Gasteiger partial charge in [-0.3, -0.25) is 9.59 Å². The zero-order valence-corrected chi connectivity index (χ0v) is 13.8. The minimum atomic E-state index is -0.981. The standard InChI is InChI=1S/C17H22N4O3/c1-19-15(22)14-9-17(16(18)23,12-6-7-12)21(20-14)10-11-4-3-5-13(8-11)24-2/h3-5,8-9,12,20H,6-7,10H2,1-2H3,(H2,18,23)(H,19,22). The maximum atomic E-state index is 12.3. The number of benzene rings is 1. The number of carbonyl (C=O) groups excluding carboxylic acids is 2. The van der Waals surface area contributed by atoms with Crippen LogP contribution in [0, 0.1) is 5.92 Å². The molecular formula is C17H22N4O3. The predicted molar refractivity (Wildman–Crippen MR) is 88.5 cm³/mol. The smallest absolute Gasteiger partial charge is 0.268 e. The lowest BCUT2D eigenvalue weighted by Crippen LogP contribution is -2.58. The summed E-state index contributed by atoms with van der Waals surface area (Å²) in [4.78, 5) is 24.4. The van der Waals surface area contributed by atoms with Gasteiger partial charge in [0, 0.05) is 13.6 Å². The summed E-state index contributed by atoms with van der Waals surface area (Å²) < 4.78 is 5.25. The number of ether oxygens (including phenoxy) is 1. The highest BCUT2D eigenvalue weighted by Crippen LogP contribution is 2.46. The Kier molecular flexibility index (Phi) is 4.19. The molecule has 0 bridgehead atoms. The van der Waals surface area contributed by atoms with Crippen LogP contribution < -0.4 is 21.2 Å². The number of hydrogen-bond donors (Lipinski definition) is 3. The van der Waals surface area contributed by atoms with E-state index in [-0.39, 0.29) is 11.8 Å².